The molecule has 2 heterocycles. The molecule has 1 unspecified atom stereocenters. The van der Waals surface area contributed by atoms with Gasteiger partial charge in [0.25, 0.3) is 0 Å². The molecule has 2 aliphatic rings. The van der Waals surface area contributed by atoms with Crippen molar-refractivity contribution < 1.29 is 29.0 Å². The van der Waals surface area contributed by atoms with Crippen LogP contribution in [0.3, 0.4) is 0 Å². The zero-order valence-electron chi connectivity index (χ0n) is 15.3. The molecular formula is C15H16Cl5N3O6S. The van der Waals surface area contributed by atoms with Crippen LogP contribution in [0, 0.1) is 0 Å². The Morgan fingerprint density at radius 2 is 1.93 bits per heavy atom. The van der Waals surface area contributed by atoms with Crippen LogP contribution in [0.2, 0.25) is 0 Å². The number of halogens is 5. The number of amides is 3. The molecule has 2 fully saturated rings. The minimum Gasteiger partial charge on any atom is -0.480 e. The fraction of sp³-hybridized carbons (Fsp3) is 0.600. The number of carboxylic acid groups (broad SMARTS) is 1. The number of hydrogen-bond acceptors (Lipinski definition) is 6. The monoisotopic (exact) mass is 541 g/mol. The van der Waals surface area contributed by atoms with E-state index in [9.17, 15) is 24.3 Å². The van der Waals surface area contributed by atoms with Gasteiger partial charge in [-0.2, -0.15) is 0 Å². The summed E-state index contributed by atoms with van der Waals surface area (Å²) in [4.78, 5) is 49.7. The highest BCUT2D eigenvalue weighted by molar-refractivity contribution is 8.01. The third kappa shape index (κ3) is 5.92. The van der Waals surface area contributed by atoms with Crippen LogP contribution in [0.15, 0.2) is 10.6 Å². The van der Waals surface area contributed by atoms with Crippen LogP contribution in [-0.2, 0) is 19.1 Å². The number of thioether (sulfide) groups is 1. The molecule has 0 aromatic heterocycles. The number of alkyl halides is 3. The Morgan fingerprint density at radius 3 is 2.43 bits per heavy atom. The van der Waals surface area contributed by atoms with Crippen LogP contribution in [0.1, 0.15) is 13.8 Å². The van der Waals surface area contributed by atoms with E-state index in [1.54, 1.807) is 13.8 Å². The van der Waals surface area contributed by atoms with E-state index >= 15 is 0 Å². The van der Waals surface area contributed by atoms with Crippen molar-refractivity contribution in [2.75, 3.05) is 6.61 Å². The molecule has 3 amide bonds. The van der Waals surface area contributed by atoms with Crippen molar-refractivity contribution in [1.29, 1.82) is 0 Å². The number of rotatable bonds is 6. The van der Waals surface area contributed by atoms with E-state index in [1.165, 1.54) is 16.7 Å². The second kappa shape index (κ2) is 9.38. The number of hydrogen-bond donors (Lipinski definition) is 3. The summed E-state index contributed by atoms with van der Waals surface area (Å²) < 4.78 is 1.74. The van der Waals surface area contributed by atoms with Gasteiger partial charge >= 0.3 is 12.1 Å². The van der Waals surface area contributed by atoms with Crippen molar-refractivity contribution in [3.8, 4) is 0 Å². The summed E-state index contributed by atoms with van der Waals surface area (Å²) >= 11 is 28.9. The summed E-state index contributed by atoms with van der Waals surface area (Å²) in [5.74, 6) is -2.52. The van der Waals surface area contributed by atoms with Crippen molar-refractivity contribution in [3.05, 3.63) is 10.6 Å². The van der Waals surface area contributed by atoms with Gasteiger partial charge in [-0.15, -0.1) is 11.8 Å². The van der Waals surface area contributed by atoms with Crippen LogP contribution in [0.25, 0.3) is 0 Å². The lowest BCUT2D eigenvalue weighted by Gasteiger charge is -2.43. The Morgan fingerprint density at radius 1 is 1.33 bits per heavy atom. The fourth-order valence-electron chi connectivity index (χ4n) is 3.01. The minimum atomic E-state index is -1.86. The molecule has 0 spiro atoms. The predicted octanol–water partition coefficient (Wildman–Crippen LogP) is 2.40. The summed E-state index contributed by atoms with van der Waals surface area (Å²) in [6.07, 6.45) is -0.0990. The van der Waals surface area contributed by atoms with E-state index in [-0.39, 0.29) is 4.49 Å². The third-order valence-corrected chi connectivity index (χ3v) is 6.34. The normalized spacial score (nSPS) is 25.5. The molecule has 9 nitrogen and oxygen atoms in total. The summed E-state index contributed by atoms with van der Waals surface area (Å²) in [5.41, 5.74) is 0. The van der Waals surface area contributed by atoms with E-state index < -0.39 is 62.5 Å². The first kappa shape index (κ1) is 25.5. The van der Waals surface area contributed by atoms with Gasteiger partial charge in [0, 0.05) is 4.75 Å². The van der Waals surface area contributed by atoms with Gasteiger partial charge in [-0.1, -0.05) is 58.0 Å². The molecule has 3 N–H and O–H groups in total. The molecule has 0 bridgehead atoms. The maximum atomic E-state index is 12.6. The van der Waals surface area contributed by atoms with E-state index in [2.05, 4.69) is 15.4 Å². The van der Waals surface area contributed by atoms with Gasteiger partial charge in [-0.25, -0.2) is 9.59 Å². The third-order valence-electron chi connectivity index (χ3n) is 4.19. The standard InChI is InChI=1S/C15H16Cl5N3O6S/c1-14(2)8(12(26)27)23-10(25)7(11(23)30-14)22-9(24)5(3-6(16)17)21-13(28)29-4-15(18,19)20/h3,5,7-8,11H,4H2,1-2H3,(H,21,28)(H,22,24)(H,26,27)/t5?,7-,8-,11+/m0/s1. The lowest BCUT2D eigenvalue weighted by Crippen LogP contribution is -2.71. The molecule has 2 rings (SSSR count). The van der Waals surface area contributed by atoms with Gasteiger partial charge in [0.2, 0.25) is 15.6 Å². The largest absolute Gasteiger partial charge is 0.480 e. The molecule has 0 radical (unpaired) electrons. The number of alkyl carbamates (subject to hydrolysis) is 1. The van der Waals surface area contributed by atoms with Crippen molar-refractivity contribution in [2.24, 2.45) is 0 Å². The predicted molar refractivity (Wildman–Crippen MR) is 114 cm³/mol. The summed E-state index contributed by atoms with van der Waals surface area (Å²) in [7, 11) is 0. The summed E-state index contributed by atoms with van der Waals surface area (Å²) in [6.45, 7) is 2.81. The topological polar surface area (TPSA) is 125 Å². The maximum absolute atomic E-state index is 12.6. The zero-order valence-corrected chi connectivity index (χ0v) is 19.9. The molecule has 168 valence electrons. The average Bonchev–Trinajstić information content (AvgIpc) is 2.84. The van der Waals surface area contributed by atoms with E-state index in [0.29, 0.717) is 0 Å². The number of aliphatic carboxylic acids is 1. The van der Waals surface area contributed by atoms with Crippen LogP contribution in [-0.4, -0.2) is 72.5 Å². The van der Waals surface area contributed by atoms with E-state index in [1.807, 2.05) is 0 Å². The maximum Gasteiger partial charge on any atom is 0.408 e. The Bertz CT molecular complexity index is 785. The quantitative estimate of drug-likeness (QED) is 0.347. The Balaban J connectivity index is 2.06. The number of β-lactam (4-membered cyclic amide) rings is 1. The van der Waals surface area contributed by atoms with Crippen LogP contribution < -0.4 is 10.6 Å². The van der Waals surface area contributed by atoms with Crippen LogP contribution in [0.4, 0.5) is 4.79 Å². The van der Waals surface area contributed by atoms with Gasteiger partial charge in [0.05, 0.1) is 0 Å². The van der Waals surface area contributed by atoms with Crippen LogP contribution in [0.5, 0.6) is 0 Å². The first-order valence-electron chi connectivity index (χ1n) is 8.20. The van der Waals surface area contributed by atoms with Gasteiger partial charge in [-0.3, -0.25) is 9.59 Å². The molecule has 0 aliphatic carbocycles. The molecule has 0 saturated carbocycles. The molecular weight excluding hydrogens is 528 g/mol. The fourth-order valence-corrected chi connectivity index (χ4v) is 5.05. The highest BCUT2D eigenvalue weighted by Gasteiger charge is 2.64. The smallest absolute Gasteiger partial charge is 0.408 e. The highest BCUT2D eigenvalue weighted by atomic mass is 35.6. The first-order valence-corrected chi connectivity index (χ1v) is 11.0. The second-order valence-electron chi connectivity index (χ2n) is 6.85. The van der Waals surface area contributed by atoms with Crippen molar-refractivity contribution in [2.45, 2.75) is 45.9 Å². The number of nitrogens with zero attached hydrogens (tertiary/aromatic N) is 1. The Hall–Kier alpha value is -0.780. The van der Waals surface area contributed by atoms with E-state index in [4.69, 9.17) is 58.0 Å². The molecule has 4 atom stereocenters. The molecule has 0 aromatic rings. The molecule has 2 aliphatic heterocycles. The highest BCUT2D eigenvalue weighted by Crippen LogP contribution is 2.50. The van der Waals surface area contributed by atoms with Gasteiger partial charge in [0.1, 0.15) is 34.6 Å². The number of ether oxygens (including phenoxy) is 1. The second-order valence-corrected chi connectivity index (χ2v) is 12.1. The number of fused-ring (bicyclic) bond motifs is 1. The molecule has 2 saturated heterocycles. The van der Waals surface area contributed by atoms with Gasteiger partial charge < -0.3 is 25.4 Å². The zero-order chi connectivity index (χ0) is 23.0. The lowest BCUT2D eigenvalue weighted by atomic mass is 9.96. The van der Waals surface area contributed by atoms with Gasteiger partial charge in [0.15, 0.2) is 0 Å². The number of nitrogens with one attached hydrogen (secondary N) is 2. The van der Waals surface area contributed by atoms with Crippen molar-refractivity contribution in [3.63, 3.8) is 0 Å². The van der Waals surface area contributed by atoms with Gasteiger partial charge in [-0.05, 0) is 19.9 Å². The molecule has 0 aromatic carbocycles. The SMILES string of the molecule is CC1(C)S[C@@H]2[C@@H](NC(=O)C(C=C(Cl)Cl)NC(=O)OCC(Cl)(Cl)Cl)C(=O)N2[C@H]1C(=O)O. The number of carboxylic acids is 1. The number of carbonyl (C=O) groups is 4. The number of carbonyl (C=O) groups excluding carboxylic acids is 3. The van der Waals surface area contributed by atoms with Crippen LogP contribution >= 0.6 is 69.8 Å². The average molecular weight is 544 g/mol. The Labute approximate surface area is 200 Å². The Kier molecular flexibility index (Phi) is 7.96. The molecule has 15 heteroatoms. The van der Waals surface area contributed by atoms with Crippen molar-refractivity contribution in [1.82, 2.24) is 15.5 Å². The summed E-state index contributed by atoms with van der Waals surface area (Å²) in [5, 5.41) is 13.5. The lowest BCUT2D eigenvalue weighted by molar-refractivity contribution is -0.161. The minimum absolute atomic E-state index is 0.333. The molecule has 30 heavy (non-hydrogen) atoms. The van der Waals surface area contributed by atoms with E-state index in [0.717, 1.165) is 6.08 Å². The van der Waals surface area contributed by atoms with Crippen molar-refractivity contribution >= 4 is 93.6 Å². The first-order chi connectivity index (χ1) is 13.6. The summed E-state index contributed by atoms with van der Waals surface area (Å²) in [6, 6.07) is -3.43.